The summed E-state index contributed by atoms with van der Waals surface area (Å²) in [6, 6.07) is 68.0. The van der Waals surface area contributed by atoms with E-state index in [1.165, 1.54) is 21.8 Å². The Morgan fingerprint density at radius 1 is 0.333 bits per heavy atom. The van der Waals surface area contributed by atoms with Crippen molar-refractivity contribution in [3.8, 4) is 56.9 Å². The summed E-state index contributed by atoms with van der Waals surface area (Å²) < 4.78 is 4.79. The molecule has 0 N–H and O–H groups in total. The molecule has 2 aromatic heterocycles. The highest BCUT2D eigenvalue weighted by Gasteiger charge is 2.22. The third-order valence-electron chi connectivity index (χ3n) is 10.5. The van der Waals surface area contributed by atoms with Crippen LogP contribution in [0.1, 0.15) is 11.1 Å². The molecule has 0 bridgehead atoms. The minimum atomic E-state index is 0.456. The van der Waals surface area contributed by atoms with Gasteiger partial charge in [-0.3, -0.25) is 0 Å². The Hall–Kier alpha value is -7.66. The molecule has 0 spiro atoms. The van der Waals surface area contributed by atoms with E-state index in [1.54, 1.807) is 6.07 Å². The van der Waals surface area contributed by atoms with Gasteiger partial charge in [0.1, 0.15) is 0 Å². The van der Waals surface area contributed by atoms with Crippen molar-refractivity contribution in [1.29, 1.82) is 10.5 Å². The number of rotatable bonds is 5. The van der Waals surface area contributed by atoms with E-state index in [9.17, 15) is 10.5 Å². The minimum Gasteiger partial charge on any atom is -0.309 e. The molecule has 0 radical (unpaired) electrons. The number of hydrogen-bond donors (Lipinski definition) is 0. The molecule has 8 aromatic carbocycles. The predicted molar refractivity (Wildman–Crippen MR) is 221 cm³/mol. The highest BCUT2D eigenvalue weighted by atomic mass is 15.0. The van der Waals surface area contributed by atoms with E-state index in [0.29, 0.717) is 11.1 Å². The van der Waals surface area contributed by atoms with E-state index in [1.807, 2.05) is 24.3 Å². The van der Waals surface area contributed by atoms with E-state index in [4.69, 9.17) is 0 Å². The Kier molecular flexibility index (Phi) is 7.22. The quantitative estimate of drug-likeness (QED) is 0.181. The summed E-state index contributed by atoms with van der Waals surface area (Å²) in [5.74, 6) is 0. The van der Waals surface area contributed by atoms with Gasteiger partial charge in [0.2, 0.25) is 0 Å². The molecule has 0 amide bonds. The summed E-state index contributed by atoms with van der Waals surface area (Å²) in [6.07, 6.45) is 0. The molecule has 4 heteroatoms. The molecule has 0 saturated carbocycles. The van der Waals surface area contributed by atoms with Crippen LogP contribution < -0.4 is 0 Å². The van der Waals surface area contributed by atoms with E-state index >= 15 is 0 Å². The summed E-state index contributed by atoms with van der Waals surface area (Å²) >= 11 is 0. The Bertz CT molecular complexity index is 3020. The molecule has 0 unspecified atom stereocenters. The highest BCUT2D eigenvalue weighted by molar-refractivity contribution is 6.13. The van der Waals surface area contributed by atoms with Crippen LogP contribution in [-0.4, -0.2) is 9.13 Å². The number of fused-ring (bicyclic) bond motifs is 6. The van der Waals surface area contributed by atoms with Gasteiger partial charge in [-0.2, -0.15) is 10.5 Å². The largest absolute Gasteiger partial charge is 0.309 e. The third kappa shape index (κ3) is 4.90. The van der Waals surface area contributed by atoms with Gasteiger partial charge in [-0.1, -0.05) is 115 Å². The Morgan fingerprint density at radius 3 is 1.28 bits per heavy atom. The molecule has 54 heavy (non-hydrogen) atoms. The van der Waals surface area contributed by atoms with Gasteiger partial charge in [-0.15, -0.1) is 0 Å². The topological polar surface area (TPSA) is 57.4 Å². The second-order valence-corrected chi connectivity index (χ2v) is 13.6. The molecule has 10 rings (SSSR count). The van der Waals surface area contributed by atoms with Gasteiger partial charge in [0.15, 0.2) is 0 Å². The summed E-state index contributed by atoms with van der Waals surface area (Å²) in [5.41, 5.74) is 13.6. The van der Waals surface area contributed by atoms with Gasteiger partial charge in [0.25, 0.3) is 0 Å². The lowest BCUT2D eigenvalue weighted by Gasteiger charge is -2.21. The fourth-order valence-electron chi connectivity index (χ4n) is 8.18. The van der Waals surface area contributed by atoms with Crippen molar-refractivity contribution >= 4 is 43.6 Å². The molecular formula is C50H30N4. The number of hydrogen-bond acceptors (Lipinski definition) is 2. The first-order valence-electron chi connectivity index (χ1n) is 18.0. The maximum absolute atomic E-state index is 9.88. The minimum absolute atomic E-state index is 0.456. The zero-order valence-corrected chi connectivity index (χ0v) is 29.1. The molecule has 0 aliphatic heterocycles. The molecule has 0 aliphatic carbocycles. The van der Waals surface area contributed by atoms with Gasteiger partial charge in [-0.05, 0) is 89.0 Å². The first-order chi connectivity index (χ1) is 26.7. The molecular weight excluding hydrogens is 657 g/mol. The fourth-order valence-corrected chi connectivity index (χ4v) is 8.18. The Labute approximate surface area is 312 Å². The van der Waals surface area contributed by atoms with Gasteiger partial charge in [-0.25, -0.2) is 0 Å². The van der Waals surface area contributed by atoms with E-state index in [0.717, 1.165) is 66.6 Å². The predicted octanol–water partition coefficient (Wildman–Crippen LogP) is 12.6. The normalized spacial score (nSPS) is 11.3. The first kappa shape index (κ1) is 31.1. The third-order valence-corrected chi connectivity index (χ3v) is 10.5. The first-order valence-corrected chi connectivity index (χ1v) is 18.0. The lowest BCUT2D eigenvalue weighted by molar-refractivity contribution is 1.17. The zero-order chi connectivity index (χ0) is 36.2. The van der Waals surface area contributed by atoms with Crippen molar-refractivity contribution in [2.75, 3.05) is 0 Å². The number of nitrogens with zero attached hydrogens (tertiary/aromatic N) is 4. The number of para-hydroxylation sites is 3. The van der Waals surface area contributed by atoms with Crippen molar-refractivity contribution in [2.24, 2.45) is 0 Å². The molecule has 2 heterocycles. The van der Waals surface area contributed by atoms with Crippen LogP contribution in [-0.2, 0) is 0 Å². The van der Waals surface area contributed by atoms with Crippen LogP contribution in [0.4, 0.5) is 0 Å². The van der Waals surface area contributed by atoms with Crippen LogP contribution in [0.15, 0.2) is 182 Å². The number of aromatic nitrogens is 2. The van der Waals surface area contributed by atoms with E-state index in [-0.39, 0.29) is 0 Å². The molecule has 0 atom stereocenters. The van der Waals surface area contributed by atoms with Crippen molar-refractivity contribution in [1.82, 2.24) is 9.13 Å². The lowest BCUT2D eigenvalue weighted by Crippen LogP contribution is -2.02. The SMILES string of the molecule is N#Cc1cc(C#N)cc(-c2cc(-c3ccccc3)c(-n3c4ccccc4c4cc(-n5c6ccccc6c6ccccc65)ccc43)c(-c3ccccc3)c2)c1. The standard InChI is InChI=1S/C50H30N4/c51-31-33-25-34(32-52)27-37(26-33)38-28-43(35-13-3-1-4-14-35)50(44(29-38)36-15-5-2-6-16-36)54-48-22-12-9-19-42(48)45-30-39(23-24-49(45)54)53-46-20-10-7-17-40(46)41-18-8-11-21-47(41)53/h1-30H. The monoisotopic (exact) mass is 686 g/mol. The molecule has 250 valence electrons. The molecule has 0 fully saturated rings. The van der Waals surface area contributed by atoms with E-state index < -0.39 is 0 Å². The van der Waals surface area contributed by atoms with Crippen molar-refractivity contribution in [3.05, 3.63) is 193 Å². The van der Waals surface area contributed by atoms with Crippen LogP contribution in [0.3, 0.4) is 0 Å². The summed E-state index contributed by atoms with van der Waals surface area (Å²) in [4.78, 5) is 0. The molecule has 0 saturated heterocycles. The van der Waals surface area contributed by atoms with Crippen molar-refractivity contribution < 1.29 is 0 Å². The Balaban J connectivity index is 1.31. The van der Waals surface area contributed by atoms with Gasteiger partial charge < -0.3 is 9.13 Å². The smallest absolute Gasteiger partial charge is 0.0992 e. The van der Waals surface area contributed by atoms with Crippen LogP contribution >= 0.6 is 0 Å². The summed E-state index contributed by atoms with van der Waals surface area (Å²) in [7, 11) is 0. The van der Waals surface area contributed by atoms with Crippen LogP contribution in [0.5, 0.6) is 0 Å². The van der Waals surface area contributed by atoms with Crippen LogP contribution in [0.2, 0.25) is 0 Å². The average Bonchev–Trinajstić information content (AvgIpc) is 3.76. The average molecular weight is 687 g/mol. The van der Waals surface area contributed by atoms with Gasteiger partial charge >= 0.3 is 0 Å². The van der Waals surface area contributed by atoms with Crippen LogP contribution in [0, 0.1) is 22.7 Å². The number of nitriles is 2. The van der Waals surface area contributed by atoms with Gasteiger partial charge in [0, 0.05) is 38.4 Å². The molecule has 0 aliphatic rings. The second kappa shape index (κ2) is 12.5. The van der Waals surface area contributed by atoms with Crippen molar-refractivity contribution in [2.45, 2.75) is 0 Å². The fraction of sp³-hybridized carbons (Fsp3) is 0. The maximum Gasteiger partial charge on any atom is 0.0992 e. The van der Waals surface area contributed by atoms with E-state index in [2.05, 4.69) is 173 Å². The molecule has 10 aromatic rings. The summed E-state index contributed by atoms with van der Waals surface area (Å²) in [5, 5.41) is 24.6. The van der Waals surface area contributed by atoms with Gasteiger partial charge in [0.05, 0.1) is 51.0 Å². The maximum atomic E-state index is 9.88. The second-order valence-electron chi connectivity index (χ2n) is 13.6. The Morgan fingerprint density at radius 2 is 0.759 bits per heavy atom. The number of benzene rings is 8. The lowest BCUT2D eigenvalue weighted by atomic mass is 9.90. The highest BCUT2D eigenvalue weighted by Crippen LogP contribution is 2.44. The van der Waals surface area contributed by atoms with Crippen molar-refractivity contribution in [3.63, 3.8) is 0 Å². The van der Waals surface area contributed by atoms with Crippen LogP contribution in [0.25, 0.3) is 88.4 Å². The zero-order valence-electron chi connectivity index (χ0n) is 29.1. The molecule has 4 nitrogen and oxygen atoms in total. The summed E-state index contributed by atoms with van der Waals surface area (Å²) in [6.45, 7) is 0.